The molecule has 0 fully saturated rings. The molecule has 1 heterocycles. The van der Waals surface area contributed by atoms with E-state index in [2.05, 4.69) is 23.2 Å². The Labute approximate surface area is 111 Å². The van der Waals surface area contributed by atoms with Crippen LogP contribution in [-0.4, -0.2) is 4.98 Å². The van der Waals surface area contributed by atoms with E-state index < -0.39 is 0 Å². The maximum absolute atomic E-state index is 6.01. The minimum atomic E-state index is 0.501. The van der Waals surface area contributed by atoms with Gasteiger partial charge in [-0.1, -0.05) is 48.5 Å². The van der Waals surface area contributed by atoms with Gasteiger partial charge in [0.05, 0.1) is 5.69 Å². The van der Waals surface area contributed by atoms with Gasteiger partial charge in [-0.15, -0.1) is 11.6 Å². The van der Waals surface area contributed by atoms with Gasteiger partial charge >= 0.3 is 0 Å². The molecule has 1 nitrogen and oxygen atoms in total. The summed E-state index contributed by atoms with van der Waals surface area (Å²) < 4.78 is 0. The molecule has 0 atom stereocenters. The van der Waals surface area contributed by atoms with Crippen molar-refractivity contribution in [2.75, 3.05) is 0 Å². The molecule has 0 N–H and O–H groups in total. The second-order valence-corrected chi connectivity index (χ2v) is 4.44. The molecular formula is C16H12ClN. The Kier molecular flexibility index (Phi) is 2.99. The SMILES string of the molecule is ClCc1ccccc1-c1nccc2ccccc12. The van der Waals surface area contributed by atoms with Crippen LogP contribution in [0.3, 0.4) is 0 Å². The van der Waals surface area contributed by atoms with E-state index in [0.717, 1.165) is 22.2 Å². The molecule has 88 valence electrons. The summed E-state index contributed by atoms with van der Waals surface area (Å²) in [7, 11) is 0. The van der Waals surface area contributed by atoms with Crippen LogP contribution in [0.15, 0.2) is 60.8 Å². The van der Waals surface area contributed by atoms with Crippen LogP contribution >= 0.6 is 11.6 Å². The number of hydrogen-bond acceptors (Lipinski definition) is 1. The van der Waals surface area contributed by atoms with Crippen molar-refractivity contribution >= 4 is 22.4 Å². The van der Waals surface area contributed by atoms with Gasteiger partial charge in [0.15, 0.2) is 0 Å². The molecule has 18 heavy (non-hydrogen) atoms. The van der Waals surface area contributed by atoms with E-state index in [1.807, 2.05) is 42.6 Å². The summed E-state index contributed by atoms with van der Waals surface area (Å²) in [6.07, 6.45) is 1.85. The summed E-state index contributed by atoms with van der Waals surface area (Å²) in [4.78, 5) is 4.53. The van der Waals surface area contributed by atoms with E-state index in [-0.39, 0.29) is 0 Å². The van der Waals surface area contributed by atoms with Gasteiger partial charge in [0.25, 0.3) is 0 Å². The second kappa shape index (κ2) is 4.79. The fourth-order valence-electron chi connectivity index (χ4n) is 2.20. The topological polar surface area (TPSA) is 12.9 Å². The highest BCUT2D eigenvalue weighted by Crippen LogP contribution is 2.29. The molecule has 0 spiro atoms. The molecule has 0 aliphatic heterocycles. The largest absolute Gasteiger partial charge is 0.256 e. The Morgan fingerprint density at radius 1 is 0.889 bits per heavy atom. The van der Waals surface area contributed by atoms with Crippen LogP contribution in [-0.2, 0) is 5.88 Å². The summed E-state index contributed by atoms with van der Waals surface area (Å²) >= 11 is 6.01. The Bertz CT molecular complexity index is 686. The average Bonchev–Trinajstić information content (AvgIpc) is 2.46. The van der Waals surface area contributed by atoms with Crippen LogP contribution in [0, 0.1) is 0 Å². The molecule has 3 rings (SSSR count). The summed E-state index contributed by atoms with van der Waals surface area (Å²) in [6.45, 7) is 0. The van der Waals surface area contributed by atoms with Crippen molar-refractivity contribution in [1.82, 2.24) is 4.98 Å². The lowest BCUT2D eigenvalue weighted by Crippen LogP contribution is -1.90. The summed E-state index contributed by atoms with van der Waals surface area (Å²) in [5.41, 5.74) is 3.23. The van der Waals surface area contributed by atoms with Crippen molar-refractivity contribution in [2.24, 2.45) is 0 Å². The normalized spacial score (nSPS) is 10.7. The quantitative estimate of drug-likeness (QED) is 0.606. The molecule has 0 saturated carbocycles. The zero-order valence-corrected chi connectivity index (χ0v) is 10.6. The molecule has 0 aliphatic carbocycles. The van der Waals surface area contributed by atoms with Crippen molar-refractivity contribution in [3.05, 3.63) is 66.4 Å². The van der Waals surface area contributed by atoms with Gasteiger partial charge in [-0.3, -0.25) is 4.98 Å². The first-order valence-corrected chi connectivity index (χ1v) is 6.41. The standard InChI is InChI=1S/C16H12ClN/c17-11-13-6-2-4-8-15(13)16-14-7-3-1-5-12(14)9-10-18-16/h1-10H,11H2. The Morgan fingerprint density at radius 2 is 1.67 bits per heavy atom. The molecule has 0 bridgehead atoms. The maximum Gasteiger partial charge on any atom is 0.0783 e. The lowest BCUT2D eigenvalue weighted by atomic mass is 10.0. The first kappa shape index (κ1) is 11.2. The summed E-state index contributed by atoms with van der Waals surface area (Å²) in [6, 6.07) is 18.5. The number of fused-ring (bicyclic) bond motifs is 1. The van der Waals surface area contributed by atoms with E-state index in [1.165, 1.54) is 5.39 Å². The van der Waals surface area contributed by atoms with Gasteiger partial charge in [-0.2, -0.15) is 0 Å². The van der Waals surface area contributed by atoms with Crippen molar-refractivity contribution in [3.8, 4) is 11.3 Å². The van der Waals surface area contributed by atoms with Gasteiger partial charge < -0.3 is 0 Å². The number of aromatic nitrogens is 1. The highest BCUT2D eigenvalue weighted by molar-refractivity contribution is 6.17. The van der Waals surface area contributed by atoms with Crippen LogP contribution in [0.4, 0.5) is 0 Å². The monoisotopic (exact) mass is 253 g/mol. The number of pyridine rings is 1. The number of nitrogens with zero attached hydrogens (tertiary/aromatic N) is 1. The van der Waals surface area contributed by atoms with Crippen LogP contribution in [0.1, 0.15) is 5.56 Å². The molecule has 1 aromatic heterocycles. The first-order chi connectivity index (χ1) is 8.90. The van der Waals surface area contributed by atoms with Crippen molar-refractivity contribution in [2.45, 2.75) is 5.88 Å². The lowest BCUT2D eigenvalue weighted by molar-refractivity contribution is 1.32. The van der Waals surface area contributed by atoms with E-state index in [9.17, 15) is 0 Å². The molecule has 2 heteroatoms. The molecule has 2 aromatic carbocycles. The summed E-state index contributed by atoms with van der Waals surface area (Å²) in [5, 5.41) is 2.37. The van der Waals surface area contributed by atoms with E-state index in [1.54, 1.807) is 0 Å². The number of halogens is 1. The van der Waals surface area contributed by atoms with Gasteiger partial charge in [0, 0.05) is 23.0 Å². The number of rotatable bonds is 2. The van der Waals surface area contributed by atoms with Crippen LogP contribution in [0.25, 0.3) is 22.0 Å². The van der Waals surface area contributed by atoms with Gasteiger partial charge in [0.2, 0.25) is 0 Å². The molecule has 0 radical (unpaired) electrons. The third-order valence-corrected chi connectivity index (χ3v) is 3.38. The average molecular weight is 254 g/mol. The minimum Gasteiger partial charge on any atom is -0.256 e. The Hall–Kier alpha value is -1.86. The molecular weight excluding hydrogens is 242 g/mol. The molecule has 0 aliphatic rings. The van der Waals surface area contributed by atoms with Gasteiger partial charge in [0.1, 0.15) is 0 Å². The van der Waals surface area contributed by atoms with Crippen molar-refractivity contribution in [1.29, 1.82) is 0 Å². The van der Waals surface area contributed by atoms with E-state index in [0.29, 0.717) is 5.88 Å². The van der Waals surface area contributed by atoms with Gasteiger partial charge in [-0.05, 0) is 17.0 Å². The van der Waals surface area contributed by atoms with Crippen LogP contribution < -0.4 is 0 Å². The molecule has 0 amide bonds. The maximum atomic E-state index is 6.01. The van der Waals surface area contributed by atoms with Crippen LogP contribution in [0.2, 0.25) is 0 Å². The van der Waals surface area contributed by atoms with Crippen molar-refractivity contribution < 1.29 is 0 Å². The summed E-state index contributed by atoms with van der Waals surface area (Å²) in [5.74, 6) is 0.501. The number of alkyl halides is 1. The molecule has 3 aromatic rings. The van der Waals surface area contributed by atoms with Gasteiger partial charge in [-0.25, -0.2) is 0 Å². The minimum absolute atomic E-state index is 0.501. The second-order valence-electron chi connectivity index (χ2n) is 4.17. The predicted octanol–water partition coefficient (Wildman–Crippen LogP) is 4.64. The fourth-order valence-corrected chi connectivity index (χ4v) is 2.44. The van der Waals surface area contributed by atoms with E-state index >= 15 is 0 Å². The highest BCUT2D eigenvalue weighted by atomic mass is 35.5. The van der Waals surface area contributed by atoms with Crippen LogP contribution in [0.5, 0.6) is 0 Å². The zero-order chi connectivity index (χ0) is 12.4. The zero-order valence-electron chi connectivity index (χ0n) is 9.81. The smallest absolute Gasteiger partial charge is 0.0783 e. The predicted molar refractivity (Wildman–Crippen MR) is 76.7 cm³/mol. The third kappa shape index (κ3) is 1.87. The molecule has 0 saturated heterocycles. The third-order valence-electron chi connectivity index (χ3n) is 3.09. The number of hydrogen-bond donors (Lipinski definition) is 0. The van der Waals surface area contributed by atoms with E-state index in [4.69, 9.17) is 11.6 Å². The fraction of sp³-hybridized carbons (Fsp3) is 0.0625. The highest BCUT2D eigenvalue weighted by Gasteiger charge is 2.08. The molecule has 0 unspecified atom stereocenters. The Morgan fingerprint density at radius 3 is 2.56 bits per heavy atom. The Balaban J connectivity index is 2.32. The van der Waals surface area contributed by atoms with Crippen molar-refractivity contribution in [3.63, 3.8) is 0 Å². The lowest BCUT2D eigenvalue weighted by Gasteiger charge is -2.09. The number of benzene rings is 2. The first-order valence-electron chi connectivity index (χ1n) is 5.88.